The van der Waals surface area contributed by atoms with Crippen LogP contribution in [0.15, 0.2) is 81.9 Å². The fourth-order valence-corrected chi connectivity index (χ4v) is 4.17. The largest absolute Gasteiger partial charge is 0.495 e. The lowest BCUT2D eigenvalue weighted by Gasteiger charge is -2.16. The van der Waals surface area contributed by atoms with Crippen molar-refractivity contribution in [3.63, 3.8) is 0 Å². The molecule has 0 heterocycles. The predicted molar refractivity (Wildman–Crippen MR) is 157 cm³/mol. The summed E-state index contributed by atoms with van der Waals surface area (Å²) in [6.07, 6.45) is 0. The second-order valence-corrected chi connectivity index (χ2v) is 8.81. The summed E-state index contributed by atoms with van der Waals surface area (Å²) in [5.41, 5.74) is 18.9. The normalized spacial score (nSPS) is 9.72. The third-order valence-corrected chi connectivity index (χ3v) is 5.95. The number of methoxy groups -OCH3 is 1. The molecule has 4 N–H and O–H groups in total. The number of hydrogen-bond acceptors (Lipinski definition) is 8. The molecule has 0 fully saturated rings. The van der Waals surface area contributed by atoms with Crippen molar-refractivity contribution in [3.05, 3.63) is 93.2 Å². The van der Waals surface area contributed by atoms with E-state index in [2.05, 4.69) is 41.3 Å². The third kappa shape index (κ3) is 9.01. The van der Waals surface area contributed by atoms with Gasteiger partial charge in [-0.2, -0.15) is 0 Å². The molecule has 0 aromatic heterocycles. The molecule has 0 atom stereocenters. The van der Waals surface area contributed by atoms with Crippen molar-refractivity contribution in [2.75, 3.05) is 35.7 Å². The summed E-state index contributed by atoms with van der Waals surface area (Å²) in [6, 6.07) is 18.2. The molecule has 0 bridgehead atoms. The Morgan fingerprint density at radius 3 is 2.25 bits per heavy atom. The monoisotopic (exact) mass is 578 g/mol. The van der Waals surface area contributed by atoms with Gasteiger partial charge in [0.05, 0.1) is 17.9 Å². The van der Waals surface area contributed by atoms with Crippen LogP contribution in [0.5, 0.6) is 11.5 Å². The first kappa shape index (κ1) is 29.4. The minimum atomic E-state index is -0.576. The van der Waals surface area contributed by atoms with Crippen molar-refractivity contribution >= 4 is 58.1 Å². The number of thioether (sulfide) groups is 1. The highest BCUT2D eigenvalue weighted by Crippen LogP contribution is 2.39. The van der Waals surface area contributed by atoms with Gasteiger partial charge in [0, 0.05) is 32.4 Å². The van der Waals surface area contributed by atoms with E-state index in [4.69, 9.17) is 32.8 Å². The molecule has 0 aliphatic carbocycles. The molecule has 0 spiro atoms. The minimum Gasteiger partial charge on any atom is -0.495 e. The van der Waals surface area contributed by atoms with Crippen LogP contribution in [0.25, 0.3) is 20.9 Å². The van der Waals surface area contributed by atoms with Crippen molar-refractivity contribution in [1.82, 2.24) is 5.32 Å². The van der Waals surface area contributed by atoms with Crippen LogP contribution < -0.4 is 30.7 Å². The number of anilines is 3. The van der Waals surface area contributed by atoms with Crippen LogP contribution in [0.3, 0.4) is 0 Å². The van der Waals surface area contributed by atoms with Crippen LogP contribution in [0, 0.1) is 0 Å². The van der Waals surface area contributed by atoms with Gasteiger partial charge in [0.15, 0.2) is 11.8 Å². The van der Waals surface area contributed by atoms with Crippen LogP contribution in [0.1, 0.15) is 10.4 Å². The van der Waals surface area contributed by atoms with Gasteiger partial charge in [0.2, 0.25) is 0 Å². The second kappa shape index (κ2) is 15.3. The molecular weight excluding hydrogens is 556 g/mol. The van der Waals surface area contributed by atoms with Gasteiger partial charge >= 0.3 is 6.03 Å². The molecule has 0 aliphatic heterocycles. The number of urea groups is 1. The Kier molecular flexibility index (Phi) is 11.3. The van der Waals surface area contributed by atoms with E-state index in [9.17, 15) is 9.59 Å². The van der Waals surface area contributed by atoms with Crippen LogP contribution in [-0.2, 0) is 0 Å². The topological polar surface area (TPSA) is 198 Å². The zero-order valence-corrected chi connectivity index (χ0v) is 22.5. The standard InChI is InChI=1S/C24H22N10O4S2/c1-37-19-10-15(11-20(38-13-27-33-25)21(19)40-14-28-34-26)22(35)32-24(39)31-18-9-5-8-17(12-18)30-23(36)29-16-6-3-2-4-7-16/h2-12H,13-14H2,1H3,(H2,29,30,36)(H2,31,32,35,39). The van der Waals surface area contributed by atoms with E-state index >= 15 is 0 Å². The maximum atomic E-state index is 13.0. The summed E-state index contributed by atoms with van der Waals surface area (Å²) in [7, 11) is 1.40. The van der Waals surface area contributed by atoms with E-state index in [0.29, 0.717) is 22.0 Å². The molecule has 3 amide bonds. The van der Waals surface area contributed by atoms with Gasteiger partial charge in [-0.1, -0.05) is 34.5 Å². The van der Waals surface area contributed by atoms with Crippen molar-refractivity contribution in [2.24, 2.45) is 10.2 Å². The number of para-hydroxylation sites is 1. The molecule has 0 unspecified atom stereocenters. The number of amides is 3. The first-order valence-corrected chi connectivity index (χ1v) is 12.7. The van der Waals surface area contributed by atoms with Gasteiger partial charge < -0.3 is 25.4 Å². The van der Waals surface area contributed by atoms with E-state index in [-0.39, 0.29) is 34.8 Å². The molecule has 0 saturated carbocycles. The molecule has 16 heteroatoms. The highest BCUT2D eigenvalue weighted by Gasteiger charge is 2.18. The fraction of sp³-hybridized carbons (Fsp3) is 0.125. The molecule has 14 nitrogen and oxygen atoms in total. The highest BCUT2D eigenvalue weighted by molar-refractivity contribution is 7.99. The van der Waals surface area contributed by atoms with E-state index < -0.39 is 11.9 Å². The highest BCUT2D eigenvalue weighted by atomic mass is 32.2. The Hall–Kier alpha value is -5.14. The number of azide groups is 2. The Morgan fingerprint density at radius 1 is 0.900 bits per heavy atom. The number of carbonyl (C=O) groups is 2. The van der Waals surface area contributed by atoms with E-state index in [1.165, 1.54) is 19.2 Å². The summed E-state index contributed by atoms with van der Waals surface area (Å²) >= 11 is 6.41. The lowest BCUT2D eigenvalue weighted by molar-refractivity contribution is 0.0976. The van der Waals surface area contributed by atoms with E-state index in [1.54, 1.807) is 36.4 Å². The molecule has 0 saturated heterocycles. The molecule has 3 aromatic rings. The average Bonchev–Trinajstić information content (AvgIpc) is 2.94. The minimum absolute atomic E-state index is 0.00629. The van der Waals surface area contributed by atoms with Gasteiger partial charge in [-0.3, -0.25) is 10.1 Å². The Bertz CT molecular complexity index is 1480. The van der Waals surface area contributed by atoms with Crippen molar-refractivity contribution < 1.29 is 19.1 Å². The lowest BCUT2D eigenvalue weighted by Crippen LogP contribution is -2.34. The van der Waals surface area contributed by atoms with Gasteiger partial charge in [0.1, 0.15) is 11.5 Å². The molecule has 3 aromatic carbocycles. The van der Waals surface area contributed by atoms with Crippen molar-refractivity contribution in [3.8, 4) is 11.5 Å². The first-order valence-electron chi connectivity index (χ1n) is 11.3. The number of nitrogens with one attached hydrogen (secondary N) is 4. The van der Waals surface area contributed by atoms with E-state index in [1.807, 2.05) is 18.2 Å². The Labute approximate surface area is 237 Å². The zero-order valence-electron chi connectivity index (χ0n) is 20.9. The Morgan fingerprint density at radius 2 is 1.55 bits per heavy atom. The van der Waals surface area contributed by atoms with E-state index in [0.717, 1.165) is 11.8 Å². The molecule has 0 radical (unpaired) electrons. The number of benzene rings is 3. The number of carbonyl (C=O) groups excluding carboxylic acids is 2. The van der Waals surface area contributed by atoms with Gasteiger partial charge in [-0.05, 0) is 65.7 Å². The second-order valence-electron chi connectivity index (χ2n) is 7.45. The summed E-state index contributed by atoms with van der Waals surface area (Å²) in [4.78, 5) is 31.1. The van der Waals surface area contributed by atoms with Crippen LogP contribution in [0.4, 0.5) is 21.9 Å². The molecule has 40 heavy (non-hydrogen) atoms. The fourth-order valence-electron chi connectivity index (χ4n) is 3.18. The number of ether oxygens (including phenoxy) is 2. The van der Waals surface area contributed by atoms with Crippen molar-refractivity contribution in [2.45, 2.75) is 4.90 Å². The summed E-state index contributed by atoms with van der Waals surface area (Å²) in [6.45, 7) is -0.340. The SMILES string of the molecule is COc1cc(C(=O)NC(=S)Nc2cccc(NC(=O)Nc3ccccc3)c2)cc(OCN=[N+]=[N-])c1SCN=[N+]=[N-]. The van der Waals surface area contributed by atoms with Gasteiger partial charge in [0.25, 0.3) is 5.91 Å². The Balaban J connectivity index is 1.68. The molecule has 0 aliphatic rings. The zero-order chi connectivity index (χ0) is 28.7. The number of rotatable bonds is 11. The summed E-state index contributed by atoms with van der Waals surface area (Å²) < 4.78 is 10.9. The predicted octanol–water partition coefficient (Wildman–Crippen LogP) is 6.47. The van der Waals surface area contributed by atoms with Gasteiger partial charge in [-0.15, -0.1) is 11.8 Å². The van der Waals surface area contributed by atoms with Crippen LogP contribution in [-0.4, -0.2) is 36.8 Å². The maximum absolute atomic E-state index is 13.0. The summed E-state index contributed by atoms with van der Waals surface area (Å²) in [5, 5.41) is 17.7. The molecular formula is C24H22N10O4S2. The average molecular weight is 579 g/mol. The number of hydrogen-bond donors (Lipinski definition) is 4. The number of nitrogens with zero attached hydrogens (tertiary/aromatic N) is 6. The van der Waals surface area contributed by atoms with Crippen molar-refractivity contribution in [1.29, 1.82) is 0 Å². The first-order chi connectivity index (χ1) is 19.4. The van der Waals surface area contributed by atoms with Gasteiger partial charge in [-0.25, -0.2) is 4.79 Å². The quantitative estimate of drug-likeness (QED) is 0.0656. The third-order valence-electron chi connectivity index (χ3n) is 4.81. The van der Waals surface area contributed by atoms with Crippen LogP contribution >= 0.6 is 24.0 Å². The lowest BCUT2D eigenvalue weighted by atomic mass is 10.2. The smallest absolute Gasteiger partial charge is 0.323 e. The maximum Gasteiger partial charge on any atom is 0.323 e. The van der Waals surface area contributed by atoms with Crippen LogP contribution in [0.2, 0.25) is 0 Å². The molecule has 3 rings (SSSR count). The number of thiocarbonyl (C=S) groups is 1. The molecule has 204 valence electrons. The summed E-state index contributed by atoms with van der Waals surface area (Å²) in [5.74, 6) is -0.0891.